The highest BCUT2D eigenvalue weighted by atomic mass is 32.2. The molecule has 0 saturated carbocycles. The van der Waals surface area contributed by atoms with E-state index in [1.165, 1.54) is 16.7 Å². The summed E-state index contributed by atoms with van der Waals surface area (Å²) in [5, 5.41) is 6.16. The third kappa shape index (κ3) is 3.30. The summed E-state index contributed by atoms with van der Waals surface area (Å²) in [6.45, 7) is 1.46. The number of rotatable bonds is 5. The molecule has 0 bridgehead atoms. The number of aromatic nitrogens is 3. The van der Waals surface area contributed by atoms with Gasteiger partial charge in [-0.15, -0.1) is 0 Å². The fourth-order valence-corrected chi connectivity index (χ4v) is 3.39. The first kappa shape index (κ1) is 17.2. The highest BCUT2D eigenvalue weighted by molar-refractivity contribution is 7.89. The number of fused-ring (bicyclic) bond motifs is 1. The maximum atomic E-state index is 13.6. The summed E-state index contributed by atoms with van der Waals surface area (Å²) in [6.07, 6.45) is 1.76. The lowest BCUT2D eigenvalue weighted by molar-refractivity contribution is 0.562. The van der Waals surface area contributed by atoms with Gasteiger partial charge in [-0.1, -0.05) is 13.0 Å². The van der Waals surface area contributed by atoms with Crippen LogP contribution in [0.3, 0.4) is 0 Å². The third-order valence-electron chi connectivity index (χ3n) is 3.69. The van der Waals surface area contributed by atoms with Crippen LogP contribution in [-0.2, 0) is 23.0 Å². The lowest BCUT2D eigenvalue weighted by atomic mass is 10.2. The summed E-state index contributed by atoms with van der Waals surface area (Å²) in [4.78, 5) is 11.7. The summed E-state index contributed by atoms with van der Waals surface area (Å²) in [5.74, 6) is -1.11. The molecule has 3 rings (SSSR count). The summed E-state index contributed by atoms with van der Waals surface area (Å²) in [6, 6.07) is 4.09. The van der Waals surface area contributed by atoms with Crippen LogP contribution < -0.4 is 10.3 Å². The fourth-order valence-electron chi connectivity index (χ4n) is 2.37. The lowest BCUT2D eigenvalue weighted by Crippen LogP contribution is -2.23. The van der Waals surface area contributed by atoms with Gasteiger partial charge in [0, 0.05) is 30.8 Å². The Hall–Kier alpha value is -2.59. The van der Waals surface area contributed by atoms with Gasteiger partial charge in [-0.3, -0.25) is 9.20 Å². The normalized spacial score (nSPS) is 12.0. The molecule has 0 fully saturated rings. The number of nitrogens with zero attached hydrogens (tertiary/aromatic N) is 2. The number of halogens is 2. The highest BCUT2D eigenvalue weighted by Gasteiger charge is 2.19. The molecule has 25 heavy (non-hydrogen) atoms. The van der Waals surface area contributed by atoms with Crippen LogP contribution in [0.15, 0.2) is 40.2 Å². The van der Waals surface area contributed by atoms with Crippen molar-refractivity contribution in [2.45, 2.75) is 24.8 Å². The zero-order valence-corrected chi connectivity index (χ0v) is 13.9. The van der Waals surface area contributed by atoms with Gasteiger partial charge in [0.25, 0.3) is 5.56 Å². The molecule has 7 nitrogen and oxygen atoms in total. The van der Waals surface area contributed by atoms with Crippen LogP contribution in [0.4, 0.5) is 8.78 Å². The minimum atomic E-state index is -4.00. The number of hydrogen-bond acceptors (Lipinski definition) is 4. The van der Waals surface area contributed by atoms with E-state index in [1.54, 1.807) is 0 Å². The van der Waals surface area contributed by atoms with Crippen LogP contribution in [0.25, 0.3) is 5.52 Å². The monoisotopic (exact) mass is 368 g/mol. The molecule has 0 unspecified atom stereocenters. The molecule has 2 N–H and O–H groups in total. The first-order chi connectivity index (χ1) is 11.8. The molecule has 0 aliphatic rings. The standard InChI is InChI=1S/C15H14F2N4O3S/c1-2-14-19-20-15(22)13-6-11(8-21(13)14)25(23,24)18-7-9-3-4-10(16)5-12(9)17/h3-6,8,18H,2,7H2,1H3,(H,20,22). The molecule has 0 atom stereocenters. The van der Waals surface area contributed by atoms with Crippen molar-refractivity contribution in [2.24, 2.45) is 0 Å². The second kappa shape index (κ2) is 6.37. The first-order valence-corrected chi connectivity index (χ1v) is 8.83. The number of hydrogen-bond donors (Lipinski definition) is 2. The van der Waals surface area contributed by atoms with E-state index >= 15 is 0 Å². The lowest BCUT2D eigenvalue weighted by Gasteiger charge is -2.06. The molecular weight excluding hydrogens is 354 g/mol. The number of H-pyrrole nitrogens is 1. The van der Waals surface area contributed by atoms with E-state index < -0.39 is 27.2 Å². The van der Waals surface area contributed by atoms with Crippen LogP contribution in [0.5, 0.6) is 0 Å². The predicted octanol–water partition coefficient (Wildman–Crippen LogP) is 1.34. The highest BCUT2D eigenvalue weighted by Crippen LogP contribution is 2.15. The first-order valence-electron chi connectivity index (χ1n) is 7.35. The maximum absolute atomic E-state index is 13.6. The SMILES string of the molecule is CCc1n[nH]c(=O)c2cc(S(=O)(=O)NCc3ccc(F)cc3F)cn12. The molecule has 1 aromatic carbocycles. The predicted molar refractivity (Wildman–Crippen MR) is 85.6 cm³/mol. The molecule has 3 aromatic rings. The van der Waals surface area contributed by atoms with Crippen LogP contribution >= 0.6 is 0 Å². The van der Waals surface area contributed by atoms with Crippen molar-refractivity contribution < 1.29 is 17.2 Å². The summed E-state index contributed by atoms with van der Waals surface area (Å²) < 4.78 is 55.0. The third-order valence-corrected chi connectivity index (χ3v) is 5.05. The molecule has 10 heteroatoms. The molecule has 2 aromatic heterocycles. The molecule has 0 amide bonds. The van der Waals surface area contributed by atoms with Gasteiger partial charge in [-0.05, 0) is 12.1 Å². The Morgan fingerprint density at radius 2 is 2.04 bits per heavy atom. The Morgan fingerprint density at radius 1 is 1.28 bits per heavy atom. The van der Waals surface area contributed by atoms with Crippen molar-refractivity contribution >= 4 is 15.5 Å². The molecule has 0 saturated heterocycles. The molecular formula is C15H14F2N4O3S. The minimum absolute atomic E-state index is 0.00232. The van der Waals surface area contributed by atoms with Crippen molar-refractivity contribution in [1.82, 2.24) is 19.3 Å². The summed E-state index contributed by atoms with van der Waals surface area (Å²) in [5.41, 5.74) is -0.383. The van der Waals surface area contributed by atoms with E-state index in [4.69, 9.17) is 0 Å². The van der Waals surface area contributed by atoms with Crippen molar-refractivity contribution in [1.29, 1.82) is 0 Å². The minimum Gasteiger partial charge on any atom is -0.297 e. The smallest absolute Gasteiger partial charge is 0.288 e. The van der Waals surface area contributed by atoms with Crippen molar-refractivity contribution in [3.8, 4) is 0 Å². The van der Waals surface area contributed by atoms with E-state index in [0.717, 1.165) is 12.1 Å². The average molecular weight is 368 g/mol. The summed E-state index contributed by atoms with van der Waals surface area (Å²) >= 11 is 0. The largest absolute Gasteiger partial charge is 0.297 e. The second-order valence-electron chi connectivity index (χ2n) is 5.31. The van der Waals surface area contributed by atoms with Gasteiger partial charge in [0.05, 0.1) is 0 Å². The Balaban J connectivity index is 1.93. The Kier molecular flexibility index (Phi) is 4.39. The van der Waals surface area contributed by atoms with Crippen molar-refractivity contribution in [3.63, 3.8) is 0 Å². The summed E-state index contributed by atoms with van der Waals surface area (Å²) in [7, 11) is -4.00. The Labute approximate surface area is 141 Å². The van der Waals surface area contributed by atoms with Crippen LogP contribution in [0.2, 0.25) is 0 Å². The molecule has 2 heterocycles. The quantitative estimate of drug-likeness (QED) is 0.710. The van der Waals surface area contributed by atoms with Gasteiger partial charge in [-0.25, -0.2) is 27.0 Å². The number of aromatic amines is 1. The number of sulfonamides is 1. The number of benzene rings is 1. The molecule has 0 aliphatic carbocycles. The van der Waals surface area contributed by atoms with Gasteiger partial charge in [0.15, 0.2) is 0 Å². The van der Waals surface area contributed by atoms with Crippen LogP contribution in [-0.4, -0.2) is 23.0 Å². The fraction of sp³-hybridized carbons (Fsp3) is 0.200. The van der Waals surface area contributed by atoms with Gasteiger partial charge in [-0.2, -0.15) is 5.10 Å². The van der Waals surface area contributed by atoms with Crippen LogP contribution in [0, 0.1) is 11.6 Å². The zero-order valence-electron chi connectivity index (χ0n) is 13.1. The molecule has 0 radical (unpaired) electrons. The van der Waals surface area contributed by atoms with E-state index in [1.807, 2.05) is 6.92 Å². The van der Waals surface area contributed by atoms with Crippen molar-refractivity contribution in [2.75, 3.05) is 0 Å². The second-order valence-corrected chi connectivity index (χ2v) is 7.08. The van der Waals surface area contributed by atoms with E-state index in [-0.39, 0.29) is 22.5 Å². The molecule has 132 valence electrons. The Morgan fingerprint density at radius 3 is 2.72 bits per heavy atom. The zero-order chi connectivity index (χ0) is 18.2. The van der Waals surface area contributed by atoms with Gasteiger partial charge >= 0.3 is 0 Å². The van der Waals surface area contributed by atoms with Gasteiger partial charge < -0.3 is 0 Å². The average Bonchev–Trinajstić information content (AvgIpc) is 3.02. The van der Waals surface area contributed by atoms with Gasteiger partial charge in [0.1, 0.15) is 27.9 Å². The number of aryl methyl sites for hydroxylation is 1. The van der Waals surface area contributed by atoms with Crippen LogP contribution in [0.1, 0.15) is 18.3 Å². The number of nitrogens with one attached hydrogen (secondary N) is 2. The molecule has 0 aliphatic heterocycles. The van der Waals surface area contributed by atoms with Gasteiger partial charge in [0.2, 0.25) is 10.0 Å². The van der Waals surface area contributed by atoms with Crippen molar-refractivity contribution in [3.05, 3.63) is 63.8 Å². The maximum Gasteiger partial charge on any atom is 0.288 e. The topological polar surface area (TPSA) is 96.3 Å². The van der Waals surface area contributed by atoms with E-state index in [0.29, 0.717) is 18.3 Å². The molecule has 0 spiro atoms. The van der Waals surface area contributed by atoms with E-state index in [9.17, 15) is 22.0 Å². The van der Waals surface area contributed by atoms with E-state index in [2.05, 4.69) is 14.9 Å². The Bertz CT molecular complexity index is 1110.